The third kappa shape index (κ3) is 4.32. The molecule has 22 heteroatoms. The molecule has 0 aliphatic heterocycles. The molecule has 0 saturated heterocycles. The Bertz CT molecular complexity index is 716. The Morgan fingerprint density at radius 3 is 0.786 bits per heavy atom. The van der Waals surface area contributed by atoms with Crippen molar-refractivity contribution < 1.29 is 97.2 Å². The smallest absolute Gasteiger partial charge is 0.205 e. The minimum atomic E-state index is -8.17. The molecule has 0 spiro atoms. The first-order chi connectivity index (χ1) is 11.2. The van der Waals surface area contributed by atoms with Crippen molar-refractivity contribution in [3.63, 3.8) is 0 Å². The molecule has 1 N–H and O–H groups in total. The average molecular weight is 488 g/mol. The van der Waals surface area contributed by atoms with Gasteiger partial charge in [-0.3, -0.25) is 0 Å². The van der Waals surface area contributed by atoms with E-state index in [1.807, 2.05) is 0 Å². The van der Waals surface area contributed by atoms with Crippen LogP contribution in [-0.2, 0) is 20.0 Å². The van der Waals surface area contributed by atoms with Crippen LogP contribution in [0.1, 0.15) is 0 Å². The van der Waals surface area contributed by atoms with Crippen LogP contribution in [0.5, 0.6) is 0 Å². The Balaban J connectivity index is 0. The maximum Gasteiger partial charge on any atom is 1.00 e. The second-order valence-electron chi connectivity index (χ2n) is 4.27. The van der Waals surface area contributed by atoms with E-state index >= 15 is 0 Å². The van der Waals surface area contributed by atoms with Gasteiger partial charge in [-0.2, -0.15) is 61.5 Å². The van der Waals surface area contributed by atoms with Crippen molar-refractivity contribution in [3.05, 3.63) is 0 Å². The summed E-state index contributed by atoms with van der Waals surface area (Å²) in [6, 6.07) is 0. The second kappa shape index (κ2) is 7.31. The molecule has 0 radical (unpaired) electrons. The van der Waals surface area contributed by atoms with Gasteiger partial charge in [0.15, 0.2) is 0 Å². The normalized spacial score (nSPS) is 15.9. The zero-order valence-electron chi connectivity index (χ0n) is 12.2. The number of hydrogen-bond donors (Lipinski definition) is 1. The van der Waals surface area contributed by atoms with E-state index < -0.39 is 58.9 Å². The molecule has 0 bridgehead atoms. The standard InChI is InChI=1S/C6HF14NO4S2.Li/c7-1(8,3(11,12)13)5(17,18)26(22,23)21-27(24,25)6(19,20)2(9,10)4(14,15)16;/h21H;/q;+1. The Morgan fingerprint density at radius 2 is 0.643 bits per heavy atom. The summed E-state index contributed by atoms with van der Waals surface area (Å²) in [5.74, 6) is -15.4. The molecule has 0 amide bonds. The largest absolute Gasteiger partial charge is 1.00 e. The first-order valence-corrected chi connectivity index (χ1v) is 8.10. The van der Waals surface area contributed by atoms with Gasteiger partial charge in [0, 0.05) is 0 Å². The van der Waals surface area contributed by atoms with E-state index in [-0.39, 0.29) is 18.9 Å². The Hall–Kier alpha value is -0.523. The summed E-state index contributed by atoms with van der Waals surface area (Å²) in [5.41, 5.74) is 0. The third-order valence-electron chi connectivity index (χ3n) is 2.34. The van der Waals surface area contributed by atoms with E-state index in [9.17, 15) is 78.3 Å². The Morgan fingerprint density at radius 1 is 0.464 bits per heavy atom. The van der Waals surface area contributed by atoms with E-state index in [4.69, 9.17) is 0 Å². The van der Waals surface area contributed by atoms with E-state index in [0.717, 1.165) is 0 Å². The third-order valence-corrected chi connectivity index (χ3v) is 5.96. The van der Waals surface area contributed by atoms with Gasteiger partial charge in [-0.25, -0.2) is 16.8 Å². The maximum absolute atomic E-state index is 12.9. The first kappa shape index (κ1) is 29.7. The molecule has 0 aromatic heterocycles. The van der Waals surface area contributed by atoms with Crippen LogP contribution >= 0.6 is 0 Å². The van der Waals surface area contributed by atoms with Gasteiger partial charge < -0.3 is 0 Å². The minimum absolute atomic E-state index is 0. The number of rotatable bonds is 6. The van der Waals surface area contributed by atoms with Gasteiger partial charge in [0.25, 0.3) is 20.0 Å². The molecular formula is C6HF14LiNO4S2+. The first-order valence-electron chi connectivity index (χ1n) is 5.13. The molecule has 5 nitrogen and oxygen atoms in total. The molecule has 0 aromatic carbocycles. The predicted octanol–water partition coefficient (Wildman–Crippen LogP) is -0.180. The predicted molar refractivity (Wildman–Crippen MR) is 52.9 cm³/mol. The number of sulfonamides is 2. The zero-order valence-corrected chi connectivity index (χ0v) is 13.9. The minimum Gasteiger partial charge on any atom is -0.205 e. The molecule has 0 saturated carbocycles. The summed E-state index contributed by atoms with van der Waals surface area (Å²) < 4.78 is 214. The second-order valence-corrected chi connectivity index (χ2v) is 7.97. The van der Waals surface area contributed by atoms with Crippen LogP contribution in [0.4, 0.5) is 61.5 Å². The summed E-state index contributed by atoms with van der Waals surface area (Å²) >= 11 is 0. The van der Waals surface area contributed by atoms with Gasteiger partial charge in [-0.15, -0.1) is 0 Å². The van der Waals surface area contributed by atoms with Gasteiger partial charge in [0.05, 0.1) is 0 Å². The summed E-state index contributed by atoms with van der Waals surface area (Å²) in [5, 5.41) is -15.3. The molecule has 164 valence electrons. The Kier molecular flexibility index (Phi) is 7.75. The van der Waals surface area contributed by atoms with Crippen LogP contribution in [0.25, 0.3) is 0 Å². The van der Waals surface area contributed by atoms with Crippen LogP contribution in [-0.4, -0.2) is 51.5 Å². The van der Waals surface area contributed by atoms with Gasteiger partial charge in [0.2, 0.25) is 0 Å². The number of hydrogen-bond acceptors (Lipinski definition) is 4. The SMILES string of the molecule is O=S(=O)(NS(=O)(=O)C(F)(F)C(F)(F)C(F)(F)F)C(F)(F)C(F)(F)C(F)(F)F.[Li+]. The van der Waals surface area contributed by atoms with E-state index in [0.29, 0.717) is 0 Å². The zero-order chi connectivity index (χ0) is 22.7. The molecule has 28 heavy (non-hydrogen) atoms. The van der Waals surface area contributed by atoms with E-state index in [1.54, 1.807) is 0 Å². The van der Waals surface area contributed by atoms with E-state index in [2.05, 4.69) is 0 Å². The molecule has 0 fully saturated rings. The van der Waals surface area contributed by atoms with Crippen LogP contribution in [0.15, 0.2) is 0 Å². The van der Waals surface area contributed by atoms with Crippen molar-refractivity contribution in [1.82, 2.24) is 4.13 Å². The van der Waals surface area contributed by atoms with Crippen LogP contribution in [0.3, 0.4) is 0 Å². The van der Waals surface area contributed by atoms with Gasteiger partial charge in [-0.05, 0) is 0 Å². The average Bonchev–Trinajstić information content (AvgIpc) is 2.33. The van der Waals surface area contributed by atoms with Crippen LogP contribution in [0, 0.1) is 0 Å². The molecular weight excluding hydrogens is 487 g/mol. The fourth-order valence-electron chi connectivity index (χ4n) is 0.917. The molecule has 0 atom stereocenters. The molecule has 0 aliphatic rings. The summed E-state index contributed by atoms with van der Waals surface area (Å²) in [7, 11) is -16.3. The van der Waals surface area contributed by atoms with Gasteiger partial charge >= 0.3 is 53.6 Å². The van der Waals surface area contributed by atoms with Gasteiger partial charge in [0.1, 0.15) is 0 Å². The number of alkyl halides is 14. The summed E-state index contributed by atoms with van der Waals surface area (Å²) in [4.78, 5) is 0. The van der Waals surface area contributed by atoms with Crippen molar-refractivity contribution in [2.75, 3.05) is 0 Å². The van der Waals surface area contributed by atoms with Gasteiger partial charge in [-0.1, -0.05) is 4.13 Å². The topological polar surface area (TPSA) is 80.3 Å². The molecule has 0 aromatic rings. The number of nitrogens with one attached hydrogen (secondary N) is 1. The molecule has 0 heterocycles. The molecule has 0 rings (SSSR count). The van der Waals surface area contributed by atoms with E-state index in [1.165, 1.54) is 0 Å². The van der Waals surface area contributed by atoms with Crippen molar-refractivity contribution >= 4 is 20.0 Å². The van der Waals surface area contributed by atoms with Crippen molar-refractivity contribution in [2.45, 2.75) is 34.7 Å². The molecule has 0 aliphatic carbocycles. The fraction of sp³-hybridized carbons (Fsp3) is 1.00. The fourth-order valence-corrected chi connectivity index (χ4v) is 3.82. The molecule has 0 unspecified atom stereocenters. The van der Waals surface area contributed by atoms with Crippen molar-refractivity contribution in [2.24, 2.45) is 0 Å². The number of halogens is 14. The quantitative estimate of drug-likeness (QED) is 0.416. The Labute approximate surface area is 156 Å². The van der Waals surface area contributed by atoms with Crippen LogP contribution < -0.4 is 23.0 Å². The summed E-state index contributed by atoms with van der Waals surface area (Å²) in [6.07, 6.45) is -14.9. The monoisotopic (exact) mass is 488 g/mol. The maximum atomic E-state index is 12.9. The van der Waals surface area contributed by atoms with Crippen molar-refractivity contribution in [1.29, 1.82) is 0 Å². The van der Waals surface area contributed by atoms with Crippen LogP contribution in [0.2, 0.25) is 0 Å². The van der Waals surface area contributed by atoms with Crippen molar-refractivity contribution in [3.8, 4) is 0 Å². The summed E-state index contributed by atoms with van der Waals surface area (Å²) in [6.45, 7) is 0.